The van der Waals surface area contributed by atoms with Gasteiger partial charge in [-0.3, -0.25) is 4.90 Å². The Morgan fingerprint density at radius 3 is 2.81 bits per heavy atom. The highest BCUT2D eigenvalue weighted by Gasteiger charge is 2.28. The lowest BCUT2D eigenvalue weighted by Gasteiger charge is -2.24. The number of benzene rings is 1. The van der Waals surface area contributed by atoms with Gasteiger partial charge in [0, 0.05) is 18.8 Å². The summed E-state index contributed by atoms with van der Waals surface area (Å²) in [5, 5.41) is 3.42. The Bertz CT molecular complexity index is 506. The number of nitrogens with zero attached hydrogens (tertiary/aromatic N) is 1. The van der Waals surface area contributed by atoms with Crippen LogP contribution in [0.5, 0.6) is 0 Å². The van der Waals surface area contributed by atoms with E-state index in [1.165, 1.54) is 18.4 Å². The molecule has 4 nitrogen and oxygen atoms in total. The Morgan fingerprint density at radius 1 is 1.38 bits per heavy atom. The van der Waals surface area contributed by atoms with Crippen LogP contribution in [-0.4, -0.2) is 24.8 Å². The summed E-state index contributed by atoms with van der Waals surface area (Å²) in [5.41, 5.74) is 2.86. The first kappa shape index (κ1) is 15.7. The molecule has 0 fully saturated rings. The molecule has 1 N–H and O–H groups in total. The van der Waals surface area contributed by atoms with Gasteiger partial charge < -0.3 is 10.1 Å². The molecule has 2 rings (SSSR count). The van der Waals surface area contributed by atoms with E-state index in [1.54, 1.807) is 4.90 Å². The van der Waals surface area contributed by atoms with Gasteiger partial charge in [0.2, 0.25) is 0 Å². The Kier molecular flexibility index (Phi) is 4.76. The zero-order valence-corrected chi connectivity index (χ0v) is 13.5. The highest BCUT2D eigenvalue weighted by atomic mass is 16.6. The number of ether oxygens (including phenoxy) is 1. The summed E-state index contributed by atoms with van der Waals surface area (Å²) in [5.74, 6) is 0. The average Bonchev–Trinajstić information content (AvgIpc) is 2.80. The maximum atomic E-state index is 12.2. The lowest BCUT2D eigenvalue weighted by molar-refractivity contribution is 0.0584. The fourth-order valence-electron chi connectivity index (χ4n) is 2.43. The lowest BCUT2D eigenvalue weighted by atomic mass is 10.1. The predicted molar refractivity (Wildman–Crippen MR) is 87.1 cm³/mol. The molecule has 4 heteroatoms. The first-order chi connectivity index (χ1) is 9.90. The summed E-state index contributed by atoms with van der Waals surface area (Å²) in [4.78, 5) is 13.9. The summed E-state index contributed by atoms with van der Waals surface area (Å²) in [6.45, 7) is 9.55. The van der Waals surface area contributed by atoms with Gasteiger partial charge in [-0.2, -0.15) is 0 Å². The molecule has 0 unspecified atom stereocenters. The van der Waals surface area contributed by atoms with Gasteiger partial charge >= 0.3 is 6.09 Å². The van der Waals surface area contributed by atoms with Crippen LogP contribution in [0.15, 0.2) is 18.2 Å². The molecule has 21 heavy (non-hydrogen) atoms. The van der Waals surface area contributed by atoms with Crippen molar-refractivity contribution in [3.05, 3.63) is 23.8 Å². The minimum absolute atomic E-state index is 0.257. The van der Waals surface area contributed by atoms with Crippen molar-refractivity contribution >= 4 is 17.5 Å². The maximum Gasteiger partial charge on any atom is 0.414 e. The Hall–Kier alpha value is -1.71. The molecule has 116 valence electrons. The van der Waals surface area contributed by atoms with Gasteiger partial charge in [0.05, 0.1) is 5.69 Å². The molecule has 0 bridgehead atoms. The average molecular weight is 290 g/mol. The molecule has 0 atom stereocenters. The molecule has 1 heterocycles. The number of hydrogen-bond donors (Lipinski definition) is 1. The van der Waals surface area contributed by atoms with Crippen molar-refractivity contribution in [1.82, 2.24) is 0 Å². The topological polar surface area (TPSA) is 41.6 Å². The quantitative estimate of drug-likeness (QED) is 0.845. The van der Waals surface area contributed by atoms with Crippen LogP contribution in [0.4, 0.5) is 16.2 Å². The summed E-state index contributed by atoms with van der Waals surface area (Å²) in [6, 6.07) is 6.20. The number of rotatable bonds is 4. The van der Waals surface area contributed by atoms with Crippen LogP contribution in [0.1, 0.15) is 46.1 Å². The van der Waals surface area contributed by atoms with E-state index >= 15 is 0 Å². The van der Waals surface area contributed by atoms with Gasteiger partial charge in [0.15, 0.2) is 0 Å². The third-order valence-corrected chi connectivity index (χ3v) is 3.45. The number of amides is 1. The third-order valence-electron chi connectivity index (χ3n) is 3.45. The number of nitrogens with one attached hydrogen (secondary N) is 1. The minimum Gasteiger partial charge on any atom is -0.443 e. The van der Waals surface area contributed by atoms with E-state index in [-0.39, 0.29) is 6.09 Å². The number of carbonyl (C=O) groups is 1. The molecular formula is C17H26N2O2. The van der Waals surface area contributed by atoms with Crippen LogP contribution >= 0.6 is 0 Å². The molecular weight excluding hydrogens is 264 g/mol. The molecule has 0 spiro atoms. The van der Waals surface area contributed by atoms with Gasteiger partial charge in [0.25, 0.3) is 0 Å². The molecule has 0 saturated carbocycles. The van der Waals surface area contributed by atoms with Gasteiger partial charge in [-0.05, 0) is 57.4 Å². The van der Waals surface area contributed by atoms with Gasteiger partial charge in [0.1, 0.15) is 5.60 Å². The highest BCUT2D eigenvalue weighted by molar-refractivity contribution is 5.91. The predicted octanol–water partition coefficient (Wildman–Crippen LogP) is 4.20. The van der Waals surface area contributed by atoms with Crippen molar-refractivity contribution < 1.29 is 9.53 Å². The van der Waals surface area contributed by atoms with E-state index < -0.39 is 5.60 Å². The lowest BCUT2D eigenvalue weighted by Crippen LogP contribution is -2.35. The summed E-state index contributed by atoms with van der Waals surface area (Å²) in [7, 11) is 0. The van der Waals surface area contributed by atoms with Crippen molar-refractivity contribution in [1.29, 1.82) is 0 Å². The second-order valence-corrected chi connectivity index (χ2v) is 6.51. The number of carbonyl (C=O) groups excluding carboxylic acids is 1. The summed E-state index contributed by atoms with van der Waals surface area (Å²) in [6.07, 6.45) is 2.98. The standard InChI is InChI=1S/C17H26N2O2/c1-5-6-10-18-14-7-8-15-13(12-14)9-11-19(15)16(20)21-17(2,3)4/h7-8,12,18H,5-6,9-11H2,1-4H3. The number of fused-ring (bicyclic) bond motifs is 1. The van der Waals surface area contributed by atoms with Crippen molar-refractivity contribution in [2.24, 2.45) is 0 Å². The first-order valence-corrected chi connectivity index (χ1v) is 7.78. The number of anilines is 2. The molecule has 0 aromatic heterocycles. The SMILES string of the molecule is CCCCNc1ccc2c(c1)CCN2C(=O)OC(C)(C)C. The maximum absolute atomic E-state index is 12.2. The van der Waals surface area contributed by atoms with Crippen molar-refractivity contribution in [2.45, 2.75) is 52.6 Å². The smallest absolute Gasteiger partial charge is 0.414 e. The molecule has 1 aliphatic rings. The largest absolute Gasteiger partial charge is 0.443 e. The van der Waals surface area contributed by atoms with Crippen LogP contribution in [0.25, 0.3) is 0 Å². The van der Waals surface area contributed by atoms with Gasteiger partial charge in [-0.1, -0.05) is 13.3 Å². The van der Waals surface area contributed by atoms with E-state index in [0.717, 1.165) is 24.3 Å². The number of unbranched alkanes of at least 4 members (excludes halogenated alkanes) is 1. The fraction of sp³-hybridized carbons (Fsp3) is 0.588. The van der Waals surface area contributed by atoms with Gasteiger partial charge in [-0.15, -0.1) is 0 Å². The van der Waals surface area contributed by atoms with Crippen molar-refractivity contribution in [3.8, 4) is 0 Å². The normalized spacial score (nSPS) is 14.0. The van der Waals surface area contributed by atoms with E-state index in [4.69, 9.17) is 4.74 Å². The Balaban J connectivity index is 2.05. The van der Waals surface area contributed by atoms with E-state index in [2.05, 4.69) is 18.3 Å². The van der Waals surface area contributed by atoms with E-state index in [0.29, 0.717) is 6.54 Å². The van der Waals surface area contributed by atoms with Crippen molar-refractivity contribution in [3.63, 3.8) is 0 Å². The molecule has 0 saturated heterocycles. The van der Waals surface area contributed by atoms with Crippen LogP contribution in [0.3, 0.4) is 0 Å². The van der Waals surface area contributed by atoms with Crippen molar-refractivity contribution in [2.75, 3.05) is 23.3 Å². The Labute approximate surface area is 127 Å². The number of hydrogen-bond acceptors (Lipinski definition) is 3. The highest BCUT2D eigenvalue weighted by Crippen LogP contribution is 2.31. The second-order valence-electron chi connectivity index (χ2n) is 6.51. The van der Waals surface area contributed by atoms with Crippen LogP contribution < -0.4 is 10.2 Å². The third kappa shape index (κ3) is 4.13. The molecule has 1 aromatic rings. The second kappa shape index (κ2) is 6.37. The van der Waals surface area contributed by atoms with Crippen LogP contribution in [0.2, 0.25) is 0 Å². The van der Waals surface area contributed by atoms with Crippen LogP contribution in [0, 0.1) is 0 Å². The van der Waals surface area contributed by atoms with Crippen LogP contribution in [-0.2, 0) is 11.2 Å². The molecule has 0 radical (unpaired) electrons. The monoisotopic (exact) mass is 290 g/mol. The molecule has 1 aromatic carbocycles. The molecule has 1 aliphatic heterocycles. The Morgan fingerprint density at radius 2 is 2.14 bits per heavy atom. The first-order valence-electron chi connectivity index (χ1n) is 7.78. The zero-order chi connectivity index (χ0) is 15.5. The van der Waals surface area contributed by atoms with E-state index in [9.17, 15) is 4.79 Å². The van der Waals surface area contributed by atoms with Gasteiger partial charge in [-0.25, -0.2) is 4.79 Å². The van der Waals surface area contributed by atoms with E-state index in [1.807, 2.05) is 32.9 Å². The molecule has 0 aliphatic carbocycles. The fourth-order valence-corrected chi connectivity index (χ4v) is 2.43. The minimum atomic E-state index is -0.457. The zero-order valence-electron chi connectivity index (χ0n) is 13.5. The summed E-state index contributed by atoms with van der Waals surface area (Å²) >= 11 is 0. The summed E-state index contributed by atoms with van der Waals surface area (Å²) < 4.78 is 5.46. The molecule has 1 amide bonds.